The van der Waals surface area contributed by atoms with Crippen LogP contribution in [0.3, 0.4) is 0 Å². The molecule has 0 radical (unpaired) electrons. The fraction of sp³-hybridized carbons (Fsp3) is 0.400. The third-order valence-corrected chi connectivity index (χ3v) is 1.95. The lowest BCUT2D eigenvalue weighted by atomic mass is 10.2. The molecule has 0 amide bonds. The second-order valence-electron chi connectivity index (χ2n) is 2.97. The lowest BCUT2D eigenvalue weighted by Crippen LogP contribution is -2.29. The smallest absolute Gasteiger partial charge is 0.0736 e. The van der Waals surface area contributed by atoms with Crippen molar-refractivity contribution in [2.24, 2.45) is 0 Å². The Balaban J connectivity index is 2.69. The molecule has 0 fully saturated rings. The molecule has 1 rings (SSSR count). The molecular formula is C10H16N2. The SMILES string of the molecule is CNC(C)Nc1ccccc1C. The summed E-state index contributed by atoms with van der Waals surface area (Å²) in [7, 11) is 1.94. The highest BCUT2D eigenvalue weighted by Gasteiger charge is 1.98. The van der Waals surface area contributed by atoms with E-state index in [9.17, 15) is 0 Å². The van der Waals surface area contributed by atoms with Crippen molar-refractivity contribution in [1.29, 1.82) is 0 Å². The molecule has 12 heavy (non-hydrogen) atoms. The van der Waals surface area contributed by atoms with Crippen molar-refractivity contribution in [3.63, 3.8) is 0 Å². The maximum atomic E-state index is 3.35. The summed E-state index contributed by atoms with van der Waals surface area (Å²) in [6.07, 6.45) is 0.311. The van der Waals surface area contributed by atoms with E-state index in [4.69, 9.17) is 0 Å². The Morgan fingerprint density at radius 3 is 2.50 bits per heavy atom. The molecule has 0 aliphatic rings. The molecule has 0 saturated heterocycles. The number of para-hydroxylation sites is 1. The topological polar surface area (TPSA) is 24.1 Å². The number of benzene rings is 1. The zero-order valence-electron chi connectivity index (χ0n) is 7.89. The van der Waals surface area contributed by atoms with Crippen molar-refractivity contribution in [3.05, 3.63) is 29.8 Å². The van der Waals surface area contributed by atoms with Crippen molar-refractivity contribution < 1.29 is 0 Å². The Labute approximate surface area is 74.0 Å². The number of aryl methyl sites for hydroxylation is 1. The van der Waals surface area contributed by atoms with E-state index >= 15 is 0 Å². The molecule has 0 aromatic heterocycles. The molecule has 0 saturated carbocycles. The van der Waals surface area contributed by atoms with E-state index in [-0.39, 0.29) is 0 Å². The molecule has 0 aliphatic carbocycles. The van der Waals surface area contributed by atoms with Gasteiger partial charge in [-0.15, -0.1) is 0 Å². The van der Waals surface area contributed by atoms with Gasteiger partial charge in [-0.3, -0.25) is 0 Å². The molecule has 2 nitrogen and oxygen atoms in total. The number of anilines is 1. The number of nitrogens with one attached hydrogen (secondary N) is 2. The standard InChI is InChI=1S/C10H16N2/c1-8-6-4-5-7-10(8)12-9(2)11-3/h4-7,9,11-12H,1-3H3. The van der Waals surface area contributed by atoms with Gasteiger partial charge in [-0.2, -0.15) is 0 Å². The fourth-order valence-corrected chi connectivity index (χ4v) is 1.04. The van der Waals surface area contributed by atoms with Crippen LogP contribution in [0.1, 0.15) is 12.5 Å². The van der Waals surface area contributed by atoms with Gasteiger partial charge < -0.3 is 10.6 Å². The average Bonchev–Trinajstić information content (AvgIpc) is 2.09. The predicted molar refractivity (Wildman–Crippen MR) is 53.3 cm³/mol. The van der Waals surface area contributed by atoms with Crippen molar-refractivity contribution in [1.82, 2.24) is 5.32 Å². The molecule has 2 N–H and O–H groups in total. The van der Waals surface area contributed by atoms with Gasteiger partial charge in [-0.05, 0) is 32.5 Å². The Bertz CT molecular complexity index is 245. The lowest BCUT2D eigenvalue weighted by molar-refractivity contribution is 0.682. The summed E-state index contributed by atoms with van der Waals surface area (Å²) in [5.74, 6) is 0. The first-order valence-corrected chi connectivity index (χ1v) is 4.23. The lowest BCUT2D eigenvalue weighted by Gasteiger charge is -2.15. The van der Waals surface area contributed by atoms with Crippen LogP contribution >= 0.6 is 0 Å². The molecule has 1 unspecified atom stereocenters. The third-order valence-electron chi connectivity index (χ3n) is 1.95. The van der Waals surface area contributed by atoms with E-state index in [0.29, 0.717) is 6.17 Å². The Morgan fingerprint density at radius 1 is 1.25 bits per heavy atom. The minimum Gasteiger partial charge on any atom is -0.370 e. The first kappa shape index (κ1) is 9.07. The van der Waals surface area contributed by atoms with Crippen molar-refractivity contribution in [2.75, 3.05) is 12.4 Å². The third kappa shape index (κ3) is 2.24. The largest absolute Gasteiger partial charge is 0.370 e. The van der Waals surface area contributed by atoms with Gasteiger partial charge in [0.15, 0.2) is 0 Å². The van der Waals surface area contributed by atoms with Crippen LogP contribution in [0.15, 0.2) is 24.3 Å². The van der Waals surface area contributed by atoms with E-state index in [1.54, 1.807) is 0 Å². The highest BCUT2D eigenvalue weighted by molar-refractivity contribution is 5.50. The molecule has 0 bridgehead atoms. The Hall–Kier alpha value is -1.02. The van der Waals surface area contributed by atoms with Gasteiger partial charge in [0.1, 0.15) is 0 Å². The molecule has 0 heterocycles. The Morgan fingerprint density at radius 2 is 1.92 bits per heavy atom. The molecule has 1 aromatic carbocycles. The molecule has 2 heteroatoms. The maximum Gasteiger partial charge on any atom is 0.0736 e. The predicted octanol–water partition coefficient (Wildman–Crippen LogP) is 1.97. The fourth-order valence-electron chi connectivity index (χ4n) is 1.04. The zero-order valence-corrected chi connectivity index (χ0v) is 7.89. The number of rotatable bonds is 3. The van der Waals surface area contributed by atoms with E-state index < -0.39 is 0 Å². The van der Waals surface area contributed by atoms with Gasteiger partial charge in [0.05, 0.1) is 6.17 Å². The molecule has 0 spiro atoms. The minimum absolute atomic E-state index is 0.311. The van der Waals surface area contributed by atoms with Crippen LogP contribution < -0.4 is 10.6 Å². The second-order valence-corrected chi connectivity index (χ2v) is 2.97. The van der Waals surface area contributed by atoms with E-state index in [0.717, 1.165) is 0 Å². The first-order chi connectivity index (χ1) is 5.74. The van der Waals surface area contributed by atoms with Crippen LogP contribution in [0.5, 0.6) is 0 Å². The Kier molecular flexibility index (Phi) is 3.11. The quantitative estimate of drug-likeness (QED) is 0.667. The van der Waals surface area contributed by atoms with Crippen LogP contribution in [0, 0.1) is 6.92 Å². The summed E-state index contributed by atoms with van der Waals surface area (Å²) in [6.45, 7) is 4.19. The van der Waals surface area contributed by atoms with Crippen LogP contribution in [-0.4, -0.2) is 13.2 Å². The highest BCUT2D eigenvalue weighted by Crippen LogP contribution is 2.13. The van der Waals surface area contributed by atoms with E-state index in [2.05, 4.69) is 36.6 Å². The molecule has 1 aromatic rings. The van der Waals surface area contributed by atoms with Gasteiger partial charge in [0, 0.05) is 5.69 Å². The van der Waals surface area contributed by atoms with Crippen molar-refractivity contribution in [2.45, 2.75) is 20.0 Å². The van der Waals surface area contributed by atoms with Gasteiger partial charge in [-0.1, -0.05) is 18.2 Å². The van der Waals surface area contributed by atoms with Crippen LogP contribution in [-0.2, 0) is 0 Å². The monoisotopic (exact) mass is 164 g/mol. The van der Waals surface area contributed by atoms with Crippen LogP contribution in [0.4, 0.5) is 5.69 Å². The molecule has 1 atom stereocenters. The zero-order chi connectivity index (χ0) is 8.97. The summed E-state index contributed by atoms with van der Waals surface area (Å²) < 4.78 is 0. The normalized spacial score (nSPS) is 12.6. The summed E-state index contributed by atoms with van der Waals surface area (Å²) in [5.41, 5.74) is 2.47. The first-order valence-electron chi connectivity index (χ1n) is 4.23. The van der Waals surface area contributed by atoms with E-state index in [1.165, 1.54) is 11.3 Å². The highest BCUT2D eigenvalue weighted by atomic mass is 15.1. The van der Waals surface area contributed by atoms with Gasteiger partial charge in [0.25, 0.3) is 0 Å². The maximum absolute atomic E-state index is 3.35. The summed E-state index contributed by atoms with van der Waals surface area (Å²) >= 11 is 0. The van der Waals surface area contributed by atoms with Gasteiger partial charge in [0.2, 0.25) is 0 Å². The van der Waals surface area contributed by atoms with Crippen molar-refractivity contribution >= 4 is 5.69 Å². The molecule has 0 aliphatic heterocycles. The van der Waals surface area contributed by atoms with Crippen molar-refractivity contribution in [3.8, 4) is 0 Å². The number of hydrogen-bond donors (Lipinski definition) is 2. The minimum atomic E-state index is 0.311. The second kappa shape index (κ2) is 4.12. The van der Waals surface area contributed by atoms with Crippen LogP contribution in [0.2, 0.25) is 0 Å². The van der Waals surface area contributed by atoms with Gasteiger partial charge in [-0.25, -0.2) is 0 Å². The summed E-state index contributed by atoms with van der Waals surface area (Å²) in [4.78, 5) is 0. The van der Waals surface area contributed by atoms with E-state index in [1.807, 2.05) is 19.2 Å². The molecular weight excluding hydrogens is 148 g/mol. The molecule has 66 valence electrons. The van der Waals surface area contributed by atoms with Gasteiger partial charge >= 0.3 is 0 Å². The van der Waals surface area contributed by atoms with Crippen LogP contribution in [0.25, 0.3) is 0 Å². The average molecular weight is 164 g/mol. The number of hydrogen-bond acceptors (Lipinski definition) is 2. The summed E-state index contributed by atoms with van der Waals surface area (Å²) in [6, 6.07) is 8.27. The summed E-state index contributed by atoms with van der Waals surface area (Å²) in [5, 5.41) is 6.48.